The molecule has 0 amide bonds. The van der Waals surface area contributed by atoms with Crippen molar-refractivity contribution < 1.29 is 22.5 Å². The second-order valence-corrected chi connectivity index (χ2v) is 9.39. The molecule has 162 valence electrons. The van der Waals surface area contributed by atoms with Crippen LogP contribution in [0, 0.1) is 5.92 Å². The van der Waals surface area contributed by atoms with E-state index in [1.807, 2.05) is 0 Å². The molecule has 0 aliphatic carbocycles. The molecule has 3 heterocycles. The number of ether oxygens (including phenoxy) is 1. The molecule has 1 unspecified atom stereocenters. The Kier molecular flexibility index (Phi) is 6.30. The number of hydrogen-bond acceptors (Lipinski definition) is 8. The number of nitrogens with zero attached hydrogens (tertiary/aromatic N) is 4. The van der Waals surface area contributed by atoms with E-state index in [1.165, 1.54) is 28.6 Å². The summed E-state index contributed by atoms with van der Waals surface area (Å²) in [4.78, 5) is 20.9. The molecule has 9 nitrogen and oxygen atoms in total. The number of aromatic nitrogens is 3. The maximum Gasteiger partial charge on any atom is 0.310 e. The number of esters is 1. The van der Waals surface area contributed by atoms with Crippen molar-refractivity contribution in [1.82, 2.24) is 19.4 Å². The summed E-state index contributed by atoms with van der Waals surface area (Å²) in [6.45, 7) is 0.202. The Morgan fingerprint density at radius 2 is 2.06 bits per heavy atom. The fourth-order valence-electron chi connectivity index (χ4n) is 3.29. The van der Waals surface area contributed by atoms with Crippen molar-refractivity contribution >= 4 is 27.6 Å². The molecule has 0 bridgehead atoms. The SMILES string of the molecule is O=C(OCc1nc(-c2cccnc2)no1)C1CCCN(S(=O)(=O)c2ccc(Cl)cc2)C1. The van der Waals surface area contributed by atoms with Crippen molar-refractivity contribution in [2.45, 2.75) is 24.3 Å². The van der Waals surface area contributed by atoms with Crippen LogP contribution in [0.15, 0.2) is 58.2 Å². The predicted octanol–water partition coefficient (Wildman–Crippen LogP) is 2.93. The van der Waals surface area contributed by atoms with E-state index < -0.39 is 21.9 Å². The lowest BCUT2D eigenvalue weighted by Gasteiger charge is -2.30. The summed E-state index contributed by atoms with van der Waals surface area (Å²) >= 11 is 5.84. The lowest BCUT2D eigenvalue weighted by Crippen LogP contribution is -2.42. The van der Waals surface area contributed by atoms with Crippen LogP contribution in [-0.4, -0.2) is 46.9 Å². The molecule has 31 heavy (non-hydrogen) atoms. The summed E-state index contributed by atoms with van der Waals surface area (Å²) in [5.41, 5.74) is 0.680. The molecule has 4 rings (SSSR count). The summed E-state index contributed by atoms with van der Waals surface area (Å²) in [5.74, 6) is -0.584. The average Bonchev–Trinajstić information content (AvgIpc) is 3.27. The van der Waals surface area contributed by atoms with Crippen LogP contribution >= 0.6 is 11.6 Å². The van der Waals surface area contributed by atoms with Gasteiger partial charge in [-0.25, -0.2) is 8.42 Å². The third-order valence-electron chi connectivity index (χ3n) is 4.89. The van der Waals surface area contributed by atoms with Crippen LogP contribution in [0.3, 0.4) is 0 Å². The summed E-state index contributed by atoms with van der Waals surface area (Å²) in [6.07, 6.45) is 4.32. The van der Waals surface area contributed by atoms with E-state index in [9.17, 15) is 13.2 Å². The van der Waals surface area contributed by atoms with Crippen LogP contribution in [0.4, 0.5) is 0 Å². The van der Waals surface area contributed by atoms with Gasteiger partial charge in [-0.1, -0.05) is 16.8 Å². The lowest BCUT2D eigenvalue weighted by atomic mass is 10.0. The standard InChI is InChI=1S/C20H19ClN4O5S/c21-16-5-7-17(8-6-16)31(27,28)25-10-2-4-15(12-25)20(26)29-13-18-23-19(24-30-18)14-3-1-9-22-11-14/h1,3,5-9,11,15H,2,4,10,12-13H2. The van der Waals surface area contributed by atoms with E-state index in [0.717, 1.165) is 0 Å². The van der Waals surface area contributed by atoms with Crippen LogP contribution in [-0.2, 0) is 26.2 Å². The van der Waals surface area contributed by atoms with E-state index in [2.05, 4.69) is 15.1 Å². The fourth-order valence-corrected chi connectivity index (χ4v) is 4.94. The lowest BCUT2D eigenvalue weighted by molar-refractivity contribution is -0.151. The van der Waals surface area contributed by atoms with Gasteiger partial charge < -0.3 is 9.26 Å². The first-order chi connectivity index (χ1) is 14.9. The number of hydrogen-bond donors (Lipinski definition) is 0. The van der Waals surface area contributed by atoms with Gasteiger partial charge in [-0.05, 0) is 49.2 Å². The molecule has 1 atom stereocenters. The van der Waals surface area contributed by atoms with Gasteiger partial charge in [0.15, 0.2) is 6.61 Å². The Bertz CT molecular complexity index is 1150. The summed E-state index contributed by atoms with van der Waals surface area (Å²) in [5, 5.41) is 4.30. The van der Waals surface area contributed by atoms with Gasteiger partial charge in [0, 0.05) is 36.1 Å². The molecule has 2 aromatic heterocycles. The minimum atomic E-state index is -3.72. The summed E-state index contributed by atoms with van der Waals surface area (Å²) in [6, 6.07) is 9.48. The molecule has 0 N–H and O–H groups in total. The van der Waals surface area contributed by atoms with Gasteiger partial charge in [-0.3, -0.25) is 9.78 Å². The molecule has 0 spiro atoms. The van der Waals surface area contributed by atoms with Gasteiger partial charge in [0.2, 0.25) is 15.8 Å². The molecule has 1 fully saturated rings. The maximum atomic E-state index is 12.9. The van der Waals surface area contributed by atoms with Gasteiger partial charge in [0.1, 0.15) is 0 Å². The minimum absolute atomic E-state index is 0.0502. The molecule has 0 radical (unpaired) electrons. The number of pyridine rings is 1. The number of benzene rings is 1. The zero-order chi connectivity index (χ0) is 21.8. The highest BCUT2D eigenvalue weighted by Crippen LogP contribution is 2.25. The van der Waals surface area contributed by atoms with E-state index >= 15 is 0 Å². The van der Waals surface area contributed by atoms with E-state index in [-0.39, 0.29) is 23.9 Å². The zero-order valence-electron chi connectivity index (χ0n) is 16.3. The molecular formula is C20H19ClN4O5S. The molecule has 1 saturated heterocycles. The highest BCUT2D eigenvalue weighted by molar-refractivity contribution is 7.89. The predicted molar refractivity (Wildman–Crippen MR) is 110 cm³/mol. The van der Waals surface area contributed by atoms with E-state index in [1.54, 1.807) is 24.5 Å². The van der Waals surface area contributed by atoms with E-state index in [0.29, 0.717) is 35.8 Å². The quantitative estimate of drug-likeness (QED) is 0.513. The minimum Gasteiger partial charge on any atom is -0.455 e. The van der Waals surface area contributed by atoms with Gasteiger partial charge in [0.25, 0.3) is 5.89 Å². The molecule has 1 aliphatic heterocycles. The Morgan fingerprint density at radius 1 is 1.26 bits per heavy atom. The summed E-state index contributed by atoms with van der Waals surface area (Å²) in [7, 11) is -3.72. The second-order valence-electron chi connectivity index (χ2n) is 7.02. The number of halogens is 1. The number of carbonyl (C=O) groups excluding carboxylic acids is 1. The third kappa shape index (κ3) is 4.92. The van der Waals surface area contributed by atoms with E-state index in [4.69, 9.17) is 20.9 Å². The number of rotatable bonds is 6. The molecule has 3 aromatic rings. The molecule has 0 saturated carbocycles. The largest absolute Gasteiger partial charge is 0.455 e. The van der Waals surface area contributed by atoms with Crippen molar-refractivity contribution in [3.05, 3.63) is 59.7 Å². The average molecular weight is 463 g/mol. The Labute approximate surface area is 184 Å². The molecular weight excluding hydrogens is 444 g/mol. The molecule has 1 aromatic carbocycles. The zero-order valence-corrected chi connectivity index (χ0v) is 17.9. The van der Waals surface area contributed by atoms with Crippen molar-refractivity contribution in [2.24, 2.45) is 5.92 Å². The summed E-state index contributed by atoms with van der Waals surface area (Å²) < 4.78 is 37.5. The Hall–Kier alpha value is -2.82. The molecule has 1 aliphatic rings. The Balaban J connectivity index is 1.37. The van der Waals surface area contributed by atoms with Crippen molar-refractivity contribution in [2.75, 3.05) is 13.1 Å². The van der Waals surface area contributed by atoms with Gasteiger partial charge in [-0.2, -0.15) is 9.29 Å². The third-order valence-corrected chi connectivity index (χ3v) is 7.03. The Morgan fingerprint density at radius 3 is 2.81 bits per heavy atom. The molecule has 11 heteroatoms. The highest BCUT2D eigenvalue weighted by atomic mass is 35.5. The maximum absolute atomic E-state index is 12.9. The van der Waals surface area contributed by atoms with Crippen molar-refractivity contribution in [3.8, 4) is 11.4 Å². The highest BCUT2D eigenvalue weighted by Gasteiger charge is 2.34. The van der Waals surface area contributed by atoms with Crippen LogP contribution in [0.1, 0.15) is 18.7 Å². The first-order valence-corrected chi connectivity index (χ1v) is 11.4. The first kappa shape index (κ1) is 21.4. The van der Waals surface area contributed by atoms with Crippen LogP contribution in [0.25, 0.3) is 11.4 Å². The van der Waals surface area contributed by atoms with Gasteiger partial charge >= 0.3 is 5.97 Å². The van der Waals surface area contributed by atoms with Crippen molar-refractivity contribution in [1.29, 1.82) is 0 Å². The van der Waals surface area contributed by atoms with Crippen LogP contribution in [0.2, 0.25) is 5.02 Å². The second kappa shape index (κ2) is 9.13. The number of carbonyl (C=O) groups is 1. The normalized spacial score (nSPS) is 17.4. The topological polar surface area (TPSA) is 115 Å². The smallest absolute Gasteiger partial charge is 0.310 e. The number of piperidine rings is 1. The number of sulfonamides is 1. The monoisotopic (exact) mass is 462 g/mol. The van der Waals surface area contributed by atoms with Crippen molar-refractivity contribution in [3.63, 3.8) is 0 Å². The first-order valence-electron chi connectivity index (χ1n) is 9.59. The van der Waals surface area contributed by atoms with Crippen LogP contribution in [0.5, 0.6) is 0 Å². The van der Waals surface area contributed by atoms with Crippen LogP contribution < -0.4 is 0 Å². The van der Waals surface area contributed by atoms with Gasteiger partial charge in [-0.15, -0.1) is 0 Å². The van der Waals surface area contributed by atoms with Gasteiger partial charge in [0.05, 0.1) is 10.8 Å². The fraction of sp³-hybridized carbons (Fsp3) is 0.300.